The minimum absolute atomic E-state index is 0.0551. The molecule has 3 rings (SSSR count). The number of benzene rings is 1. The van der Waals surface area contributed by atoms with Crippen molar-refractivity contribution in [2.24, 2.45) is 0 Å². The number of nitrogens with zero attached hydrogens (tertiary/aromatic N) is 1. The summed E-state index contributed by atoms with van der Waals surface area (Å²) in [6.07, 6.45) is 3.44. The summed E-state index contributed by atoms with van der Waals surface area (Å²) in [7, 11) is 1.88. The van der Waals surface area contributed by atoms with Crippen molar-refractivity contribution in [3.8, 4) is 0 Å². The second-order valence-electron chi connectivity index (χ2n) is 4.99. The molecule has 1 amide bonds. The SMILES string of the molecule is CN(C(=O)c1sc2cc(Br)ccc2c1N)C1CCC1. The number of carbonyl (C=O) groups excluding carboxylic acids is 1. The molecule has 0 aliphatic heterocycles. The number of carbonyl (C=O) groups is 1. The summed E-state index contributed by atoms with van der Waals surface area (Å²) in [5, 5.41) is 0.971. The quantitative estimate of drug-likeness (QED) is 0.903. The van der Waals surface area contributed by atoms with Crippen LogP contribution in [0.4, 0.5) is 5.69 Å². The third kappa shape index (κ3) is 2.15. The summed E-state index contributed by atoms with van der Waals surface area (Å²) in [4.78, 5) is 15.0. The molecule has 5 heteroatoms. The number of rotatable bonds is 2. The van der Waals surface area contributed by atoms with Crippen LogP contribution < -0.4 is 5.73 Å². The van der Waals surface area contributed by atoms with Crippen LogP contribution in [0.15, 0.2) is 22.7 Å². The van der Waals surface area contributed by atoms with Crippen molar-refractivity contribution in [1.29, 1.82) is 0 Å². The highest BCUT2D eigenvalue weighted by molar-refractivity contribution is 9.10. The van der Waals surface area contributed by atoms with E-state index in [4.69, 9.17) is 5.73 Å². The van der Waals surface area contributed by atoms with Gasteiger partial charge in [0.1, 0.15) is 4.88 Å². The Bertz CT molecular complexity index is 648. The maximum absolute atomic E-state index is 12.5. The van der Waals surface area contributed by atoms with Crippen LogP contribution in [0, 0.1) is 0 Å². The predicted octanol–water partition coefficient (Wildman–Crippen LogP) is 3.87. The van der Waals surface area contributed by atoms with Crippen molar-refractivity contribution in [2.45, 2.75) is 25.3 Å². The Labute approximate surface area is 124 Å². The van der Waals surface area contributed by atoms with Crippen LogP contribution in [-0.2, 0) is 0 Å². The molecule has 0 spiro atoms. The lowest BCUT2D eigenvalue weighted by atomic mass is 9.92. The fraction of sp³-hybridized carbons (Fsp3) is 0.357. The molecule has 0 atom stereocenters. The van der Waals surface area contributed by atoms with Gasteiger partial charge in [0.15, 0.2) is 0 Å². The largest absolute Gasteiger partial charge is 0.397 e. The number of fused-ring (bicyclic) bond motifs is 1. The highest BCUT2D eigenvalue weighted by atomic mass is 79.9. The van der Waals surface area contributed by atoms with Crippen LogP contribution in [0.5, 0.6) is 0 Å². The van der Waals surface area contributed by atoms with Crippen molar-refractivity contribution < 1.29 is 4.79 Å². The highest BCUT2D eigenvalue weighted by Crippen LogP contribution is 2.37. The average Bonchev–Trinajstić information content (AvgIpc) is 2.63. The van der Waals surface area contributed by atoms with Gasteiger partial charge in [-0.25, -0.2) is 0 Å². The highest BCUT2D eigenvalue weighted by Gasteiger charge is 2.28. The Hall–Kier alpha value is -1.07. The Morgan fingerprint density at radius 1 is 1.47 bits per heavy atom. The van der Waals surface area contributed by atoms with Crippen molar-refractivity contribution in [3.05, 3.63) is 27.5 Å². The molecule has 1 fully saturated rings. The molecule has 0 unspecified atom stereocenters. The Morgan fingerprint density at radius 2 is 2.21 bits per heavy atom. The molecule has 100 valence electrons. The average molecular weight is 339 g/mol. The van der Waals surface area contributed by atoms with Crippen LogP contribution in [0.25, 0.3) is 10.1 Å². The molecular weight excluding hydrogens is 324 g/mol. The lowest BCUT2D eigenvalue weighted by Gasteiger charge is -2.34. The minimum Gasteiger partial charge on any atom is -0.397 e. The zero-order chi connectivity index (χ0) is 13.6. The van der Waals surface area contributed by atoms with Gasteiger partial charge in [-0.2, -0.15) is 0 Å². The van der Waals surface area contributed by atoms with Crippen LogP contribution in [0.3, 0.4) is 0 Å². The molecule has 2 aromatic rings. The van der Waals surface area contributed by atoms with Crippen molar-refractivity contribution in [3.63, 3.8) is 0 Å². The molecular formula is C14H15BrN2OS. The molecule has 1 aliphatic carbocycles. The first kappa shape index (κ1) is 12.9. The van der Waals surface area contributed by atoms with Crippen molar-refractivity contribution >= 4 is 48.9 Å². The number of hydrogen-bond donors (Lipinski definition) is 1. The third-order valence-electron chi connectivity index (χ3n) is 3.83. The third-order valence-corrected chi connectivity index (χ3v) is 5.48. The van der Waals surface area contributed by atoms with E-state index in [0.29, 0.717) is 16.6 Å². The first-order valence-corrected chi connectivity index (χ1v) is 7.93. The second-order valence-corrected chi connectivity index (χ2v) is 6.95. The van der Waals surface area contributed by atoms with Gasteiger partial charge in [0.2, 0.25) is 0 Å². The van der Waals surface area contributed by atoms with Crippen molar-refractivity contribution in [2.75, 3.05) is 12.8 Å². The van der Waals surface area contributed by atoms with Crippen LogP contribution in [0.2, 0.25) is 0 Å². The van der Waals surface area contributed by atoms with Crippen molar-refractivity contribution in [1.82, 2.24) is 4.90 Å². The molecule has 0 radical (unpaired) electrons. The first-order chi connectivity index (χ1) is 9.08. The number of anilines is 1. The molecule has 3 nitrogen and oxygen atoms in total. The maximum atomic E-state index is 12.5. The topological polar surface area (TPSA) is 46.3 Å². The van der Waals surface area contributed by atoms with E-state index in [1.807, 2.05) is 30.1 Å². The van der Waals surface area contributed by atoms with E-state index < -0.39 is 0 Å². The Kier molecular flexibility index (Phi) is 3.27. The number of thiophene rings is 1. The van der Waals surface area contributed by atoms with E-state index in [2.05, 4.69) is 15.9 Å². The van der Waals surface area contributed by atoms with Gasteiger partial charge in [-0.3, -0.25) is 4.79 Å². The van der Waals surface area contributed by atoms with E-state index in [-0.39, 0.29) is 5.91 Å². The normalized spacial score (nSPS) is 15.5. The number of halogens is 1. The number of hydrogen-bond acceptors (Lipinski definition) is 3. The van der Waals surface area contributed by atoms with Gasteiger partial charge in [-0.05, 0) is 31.4 Å². The van der Waals surface area contributed by atoms with E-state index in [9.17, 15) is 4.79 Å². The molecule has 1 saturated carbocycles. The number of nitrogen functional groups attached to an aromatic ring is 1. The van der Waals surface area contributed by atoms with E-state index in [0.717, 1.165) is 27.4 Å². The molecule has 0 saturated heterocycles. The van der Waals surface area contributed by atoms with Gasteiger partial charge in [0, 0.05) is 27.6 Å². The minimum atomic E-state index is 0.0551. The van der Waals surface area contributed by atoms with Gasteiger partial charge in [-0.15, -0.1) is 11.3 Å². The van der Waals surface area contributed by atoms with E-state index >= 15 is 0 Å². The second kappa shape index (κ2) is 4.80. The lowest BCUT2D eigenvalue weighted by Crippen LogP contribution is -2.41. The van der Waals surface area contributed by atoms with E-state index in [1.54, 1.807) is 0 Å². The maximum Gasteiger partial charge on any atom is 0.266 e. The molecule has 1 aromatic heterocycles. The van der Waals surface area contributed by atoms with Gasteiger partial charge in [-0.1, -0.05) is 22.0 Å². The van der Waals surface area contributed by atoms with Gasteiger partial charge in [0.05, 0.1) is 5.69 Å². The molecule has 0 bridgehead atoms. The van der Waals surface area contributed by atoms with E-state index in [1.165, 1.54) is 17.8 Å². The lowest BCUT2D eigenvalue weighted by molar-refractivity contribution is 0.0658. The van der Waals surface area contributed by atoms with Gasteiger partial charge >= 0.3 is 0 Å². The fourth-order valence-corrected chi connectivity index (χ4v) is 4.01. The summed E-state index contributed by atoms with van der Waals surface area (Å²) in [5.41, 5.74) is 6.75. The summed E-state index contributed by atoms with van der Waals surface area (Å²) >= 11 is 4.93. The number of nitrogens with two attached hydrogens (primary N) is 1. The molecule has 19 heavy (non-hydrogen) atoms. The Morgan fingerprint density at radius 3 is 2.84 bits per heavy atom. The summed E-state index contributed by atoms with van der Waals surface area (Å²) in [6.45, 7) is 0. The summed E-state index contributed by atoms with van der Waals surface area (Å²) < 4.78 is 2.06. The molecule has 1 heterocycles. The van der Waals surface area contributed by atoms with Crippen LogP contribution >= 0.6 is 27.3 Å². The van der Waals surface area contributed by atoms with Gasteiger partial charge in [0.25, 0.3) is 5.91 Å². The number of amides is 1. The monoisotopic (exact) mass is 338 g/mol. The van der Waals surface area contributed by atoms with Crippen LogP contribution in [0.1, 0.15) is 28.9 Å². The molecule has 2 N–H and O–H groups in total. The van der Waals surface area contributed by atoms with Gasteiger partial charge < -0.3 is 10.6 Å². The Balaban J connectivity index is 1.99. The molecule has 1 aliphatic rings. The zero-order valence-corrected chi connectivity index (χ0v) is 13.1. The zero-order valence-electron chi connectivity index (χ0n) is 10.6. The first-order valence-electron chi connectivity index (χ1n) is 6.32. The standard InChI is InChI=1S/C14H15BrN2OS/c1-17(9-3-2-4-9)14(18)13-12(16)10-6-5-8(15)7-11(10)19-13/h5-7,9H,2-4,16H2,1H3. The smallest absolute Gasteiger partial charge is 0.266 e. The summed E-state index contributed by atoms with van der Waals surface area (Å²) in [6, 6.07) is 6.32. The van der Waals surface area contributed by atoms with Crippen LogP contribution in [-0.4, -0.2) is 23.9 Å². The summed E-state index contributed by atoms with van der Waals surface area (Å²) in [5.74, 6) is 0.0551. The predicted molar refractivity (Wildman–Crippen MR) is 83.7 cm³/mol. The fourth-order valence-electron chi connectivity index (χ4n) is 2.35. The molecule has 1 aromatic carbocycles.